The van der Waals surface area contributed by atoms with E-state index in [1.807, 2.05) is 0 Å². The number of hydrogen-bond acceptors (Lipinski definition) is 6. The molecular formula is C11H13ClN2O5S. The minimum absolute atomic E-state index is 0.0225. The van der Waals surface area contributed by atoms with Crippen LogP contribution in [0.4, 0.5) is 5.82 Å². The van der Waals surface area contributed by atoms with Gasteiger partial charge in [0.25, 0.3) is 0 Å². The first-order valence-electron chi connectivity index (χ1n) is 5.76. The molecule has 20 heavy (non-hydrogen) atoms. The maximum atomic E-state index is 11.3. The van der Waals surface area contributed by atoms with Crippen molar-refractivity contribution >= 4 is 33.2 Å². The summed E-state index contributed by atoms with van der Waals surface area (Å²) in [5, 5.41) is 21.7. The molecule has 110 valence electrons. The Hall–Kier alpha value is -1.38. The van der Waals surface area contributed by atoms with Crippen LogP contribution in [-0.2, 0) is 9.84 Å². The molecule has 9 heteroatoms. The van der Waals surface area contributed by atoms with Gasteiger partial charge in [-0.25, -0.2) is 18.2 Å². The summed E-state index contributed by atoms with van der Waals surface area (Å²) in [6.45, 7) is -0.0225. The molecule has 0 saturated carbocycles. The molecule has 3 N–H and O–H groups in total. The summed E-state index contributed by atoms with van der Waals surface area (Å²) in [5.41, 5.74) is -1.40. The Bertz CT molecular complexity index is 648. The fourth-order valence-electron chi connectivity index (χ4n) is 1.97. The van der Waals surface area contributed by atoms with Crippen LogP contribution in [0.25, 0.3) is 0 Å². The number of rotatable bonds is 4. The first-order valence-corrected chi connectivity index (χ1v) is 7.96. The number of aliphatic hydroxyl groups is 1. The predicted octanol–water partition coefficient (Wildman–Crippen LogP) is 0.395. The molecule has 0 amide bonds. The van der Waals surface area contributed by atoms with Crippen LogP contribution in [0.3, 0.4) is 0 Å². The number of pyridine rings is 1. The highest BCUT2D eigenvalue weighted by atomic mass is 35.5. The van der Waals surface area contributed by atoms with Crippen LogP contribution in [0.5, 0.6) is 0 Å². The Balaban J connectivity index is 2.07. The molecule has 0 aliphatic carbocycles. The van der Waals surface area contributed by atoms with Crippen molar-refractivity contribution in [1.29, 1.82) is 0 Å². The number of aromatic carboxylic acids is 1. The molecule has 1 aliphatic rings. The minimum atomic E-state index is -3.21. The number of nitrogens with zero attached hydrogens (tertiary/aromatic N) is 1. The lowest BCUT2D eigenvalue weighted by Crippen LogP contribution is -2.38. The number of carbonyl (C=O) groups is 1. The topological polar surface area (TPSA) is 117 Å². The summed E-state index contributed by atoms with van der Waals surface area (Å²) in [6, 6.07) is 1.23. The second-order valence-electron chi connectivity index (χ2n) is 4.78. The summed E-state index contributed by atoms with van der Waals surface area (Å²) >= 11 is 5.87. The van der Waals surface area contributed by atoms with Gasteiger partial charge in [-0.05, 0) is 12.5 Å². The second kappa shape index (κ2) is 5.19. The molecule has 0 spiro atoms. The van der Waals surface area contributed by atoms with Crippen molar-refractivity contribution in [2.75, 3.05) is 23.4 Å². The van der Waals surface area contributed by atoms with Crippen LogP contribution in [0, 0.1) is 0 Å². The third-order valence-electron chi connectivity index (χ3n) is 3.04. The third-order valence-corrected chi connectivity index (χ3v) is 5.13. The number of anilines is 1. The van der Waals surface area contributed by atoms with Crippen molar-refractivity contribution < 1.29 is 23.4 Å². The van der Waals surface area contributed by atoms with Crippen molar-refractivity contribution in [2.24, 2.45) is 0 Å². The molecule has 1 unspecified atom stereocenters. The van der Waals surface area contributed by atoms with Crippen LogP contribution >= 0.6 is 11.6 Å². The molecule has 2 rings (SSSR count). The van der Waals surface area contributed by atoms with E-state index in [-0.39, 0.29) is 40.9 Å². The number of carboxylic acids is 1. The highest BCUT2D eigenvalue weighted by Gasteiger charge is 2.40. The van der Waals surface area contributed by atoms with E-state index in [0.29, 0.717) is 0 Å². The lowest BCUT2D eigenvalue weighted by Gasteiger charge is -2.21. The van der Waals surface area contributed by atoms with Crippen molar-refractivity contribution in [3.63, 3.8) is 0 Å². The van der Waals surface area contributed by atoms with Crippen LogP contribution in [0.2, 0.25) is 5.02 Å². The molecule has 0 bridgehead atoms. The maximum absolute atomic E-state index is 11.3. The normalized spacial score (nSPS) is 24.5. The average molecular weight is 321 g/mol. The molecule has 0 aromatic carbocycles. The number of carboxylic acid groups (broad SMARTS) is 1. The Morgan fingerprint density at radius 2 is 2.25 bits per heavy atom. The van der Waals surface area contributed by atoms with Crippen LogP contribution in [-0.4, -0.2) is 53.2 Å². The fourth-order valence-corrected chi connectivity index (χ4v) is 4.11. The van der Waals surface area contributed by atoms with Crippen molar-refractivity contribution in [3.05, 3.63) is 22.8 Å². The van der Waals surface area contributed by atoms with Crippen molar-refractivity contribution in [2.45, 2.75) is 12.0 Å². The van der Waals surface area contributed by atoms with E-state index in [2.05, 4.69) is 10.3 Å². The van der Waals surface area contributed by atoms with Gasteiger partial charge in [0, 0.05) is 12.7 Å². The lowest BCUT2D eigenvalue weighted by atomic mass is 10.0. The van der Waals surface area contributed by atoms with Gasteiger partial charge in [-0.2, -0.15) is 0 Å². The van der Waals surface area contributed by atoms with Crippen LogP contribution in [0.15, 0.2) is 12.3 Å². The number of nitrogens with one attached hydrogen (secondary N) is 1. The van der Waals surface area contributed by atoms with E-state index >= 15 is 0 Å². The third kappa shape index (κ3) is 3.38. The van der Waals surface area contributed by atoms with E-state index in [1.54, 1.807) is 0 Å². The summed E-state index contributed by atoms with van der Waals surface area (Å²) in [7, 11) is -3.21. The monoisotopic (exact) mass is 320 g/mol. The zero-order valence-electron chi connectivity index (χ0n) is 10.3. The molecule has 1 aromatic heterocycles. The largest absolute Gasteiger partial charge is 0.478 e. The van der Waals surface area contributed by atoms with E-state index < -0.39 is 21.4 Å². The predicted molar refractivity (Wildman–Crippen MR) is 72.9 cm³/mol. The zero-order valence-corrected chi connectivity index (χ0v) is 11.9. The second-order valence-corrected chi connectivity index (χ2v) is 7.37. The van der Waals surface area contributed by atoms with Gasteiger partial charge in [-0.1, -0.05) is 11.6 Å². The highest BCUT2D eigenvalue weighted by molar-refractivity contribution is 7.91. The van der Waals surface area contributed by atoms with Gasteiger partial charge in [0.1, 0.15) is 5.82 Å². The average Bonchev–Trinajstić information content (AvgIpc) is 2.62. The molecule has 7 nitrogen and oxygen atoms in total. The zero-order chi connectivity index (χ0) is 15.0. The van der Waals surface area contributed by atoms with Gasteiger partial charge in [-0.15, -0.1) is 0 Å². The van der Waals surface area contributed by atoms with Crippen LogP contribution in [0.1, 0.15) is 16.8 Å². The quantitative estimate of drug-likeness (QED) is 0.735. The number of sulfone groups is 1. The van der Waals surface area contributed by atoms with E-state index in [4.69, 9.17) is 16.7 Å². The minimum Gasteiger partial charge on any atom is -0.478 e. The molecule has 1 aliphatic heterocycles. The molecule has 1 aromatic rings. The lowest BCUT2D eigenvalue weighted by molar-refractivity contribution is 0.0695. The van der Waals surface area contributed by atoms with Gasteiger partial charge in [0.2, 0.25) is 0 Å². The van der Waals surface area contributed by atoms with Crippen LogP contribution < -0.4 is 5.32 Å². The van der Waals surface area contributed by atoms with Gasteiger partial charge < -0.3 is 15.5 Å². The summed E-state index contributed by atoms with van der Waals surface area (Å²) in [4.78, 5) is 14.6. The highest BCUT2D eigenvalue weighted by Crippen LogP contribution is 2.26. The van der Waals surface area contributed by atoms with Gasteiger partial charge in [-0.3, -0.25) is 0 Å². The smallest absolute Gasteiger partial charge is 0.337 e. The number of halogens is 1. The first-order chi connectivity index (χ1) is 9.21. The Morgan fingerprint density at radius 1 is 1.55 bits per heavy atom. The van der Waals surface area contributed by atoms with Gasteiger partial charge in [0.05, 0.1) is 27.7 Å². The van der Waals surface area contributed by atoms with Gasteiger partial charge in [0.15, 0.2) is 9.84 Å². The molecule has 1 saturated heterocycles. The molecule has 2 heterocycles. The summed E-state index contributed by atoms with van der Waals surface area (Å²) in [5.74, 6) is -1.30. The Morgan fingerprint density at radius 3 is 2.75 bits per heavy atom. The van der Waals surface area contributed by atoms with E-state index in [9.17, 15) is 18.3 Å². The number of hydrogen-bond donors (Lipinski definition) is 3. The van der Waals surface area contributed by atoms with Crippen molar-refractivity contribution in [3.8, 4) is 0 Å². The summed E-state index contributed by atoms with van der Waals surface area (Å²) < 4.78 is 22.7. The summed E-state index contributed by atoms with van der Waals surface area (Å²) in [6.07, 6.45) is 1.28. The standard InChI is InChI=1S/C11H13ClN2O5S/c12-8-3-7(10(15)16)4-13-9(8)14-5-11(17)1-2-20(18,19)6-11/h3-4,17H,1-2,5-6H2,(H,13,14)(H,15,16). The Kier molecular flexibility index (Phi) is 3.90. The van der Waals surface area contributed by atoms with E-state index in [0.717, 1.165) is 6.20 Å². The van der Waals surface area contributed by atoms with Gasteiger partial charge >= 0.3 is 5.97 Å². The first kappa shape index (κ1) is 15.0. The molecule has 1 fully saturated rings. The number of aromatic nitrogens is 1. The maximum Gasteiger partial charge on any atom is 0.337 e. The molecule has 0 radical (unpaired) electrons. The molecular weight excluding hydrogens is 308 g/mol. The Labute approximate surface area is 120 Å². The van der Waals surface area contributed by atoms with E-state index in [1.165, 1.54) is 6.07 Å². The van der Waals surface area contributed by atoms with Crippen molar-refractivity contribution in [1.82, 2.24) is 4.98 Å². The fraction of sp³-hybridized carbons (Fsp3) is 0.455. The SMILES string of the molecule is O=C(O)c1cnc(NCC2(O)CCS(=O)(=O)C2)c(Cl)c1. The molecule has 1 atom stereocenters.